The van der Waals surface area contributed by atoms with Gasteiger partial charge in [-0.2, -0.15) is 8.42 Å². The predicted molar refractivity (Wildman–Crippen MR) is 72.2 cm³/mol. The Hall–Kier alpha value is -2.12. The van der Waals surface area contributed by atoms with E-state index < -0.39 is 21.8 Å². The van der Waals surface area contributed by atoms with Crippen LogP contribution in [0.2, 0.25) is 0 Å². The molecule has 0 aliphatic carbocycles. The quantitative estimate of drug-likeness (QED) is 0.660. The number of fused-ring (bicyclic) bond motifs is 1. The molecule has 0 saturated carbocycles. The van der Waals surface area contributed by atoms with Crippen molar-refractivity contribution in [2.75, 3.05) is 7.11 Å². The highest BCUT2D eigenvalue weighted by Crippen LogP contribution is 2.28. The van der Waals surface area contributed by atoms with Gasteiger partial charge in [0.1, 0.15) is 17.1 Å². The summed E-state index contributed by atoms with van der Waals surface area (Å²) in [6.07, 6.45) is 0. The van der Waals surface area contributed by atoms with Crippen molar-refractivity contribution in [3.05, 3.63) is 41.5 Å². The summed E-state index contributed by atoms with van der Waals surface area (Å²) in [4.78, 5) is 11.5. The lowest BCUT2D eigenvalue weighted by molar-refractivity contribution is 0.0597. The number of aromatic hydroxyl groups is 1. The number of rotatable bonds is 3. The van der Waals surface area contributed by atoms with Gasteiger partial charge in [-0.1, -0.05) is 18.2 Å². The van der Waals surface area contributed by atoms with Crippen molar-refractivity contribution < 1.29 is 27.6 Å². The van der Waals surface area contributed by atoms with Crippen LogP contribution < -0.4 is 0 Å². The maximum absolute atomic E-state index is 11.5. The molecule has 0 spiro atoms. The second-order valence-electron chi connectivity index (χ2n) is 4.23. The second-order valence-corrected chi connectivity index (χ2v) is 5.68. The highest BCUT2D eigenvalue weighted by atomic mass is 32.2. The molecule has 0 unspecified atom stereocenters. The molecule has 2 aromatic rings. The third-order valence-corrected chi connectivity index (χ3v) is 3.51. The van der Waals surface area contributed by atoms with Crippen molar-refractivity contribution in [1.29, 1.82) is 0 Å². The minimum atomic E-state index is -4.19. The largest absolute Gasteiger partial charge is 0.507 e. The Balaban J connectivity index is 2.66. The van der Waals surface area contributed by atoms with E-state index in [0.717, 1.165) is 0 Å². The van der Waals surface area contributed by atoms with Crippen LogP contribution in [0.1, 0.15) is 15.9 Å². The molecule has 0 atom stereocenters. The molecule has 0 aliphatic heterocycles. The number of hydrogen-bond acceptors (Lipinski definition) is 5. The molecule has 0 amide bonds. The van der Waals surface area contributed by atoms with Crippen molar-refractivity contribution in [1.82, 2.24) is 0 Å². The van der Waals surface area contributed by atoms with E-state index in [1.807, 2.05) is 0 Å². The van der Waals surface area contributed by atoms with E-state index in [2.05, 4.69) is 4.74 Å². The third kappa shape index (κ3) is 2.89. The van der Waals surface area contributed by atoms with Gasteiger partial charge in [-0.25, -0.2) is 4.79 Å². The molecule has 2 rings (SSSR count). The first-order valence-electron chi connectivity index (χ1n) is 5.60. The minimum absolute atomic E-state index is 0.0102. The van der Waals surface area contributed by atoms with Crippen LogP contribution in [0.25, 0.3) is 10.8 Å². The van der Waals surface area contributed by atoms with E-state index in [-0.39, 0.29) is 11.3 Å². The maximum atomic E-state index is 11.5. The fraction of sp³-hybridized carbons (Fsp3) is 0.154. The van der Waals surface area contributed by atoms with Gasteiger partial charge in [-0.05, 0) is 28.5 Å². The molecule has 0 aliphatic rings. The molecule has 0 radical (unpaired) electrons. The summed E-state index contributed by atoms with van der Waals surface area (Å²) in [5, 5.41) is 10.8. The molecule has 0 bridgehead atoms. The number of hydrogen-bond donors (Lipinski definition) is 2. The Morgan fingerprint density at radius 2 is 2.00 bits per heavy atom. The van der Waals surface area contributed by atoms with Gasteiger partial charge in [-0.15, -0.1) is 0 Å². The zero-order valence-electron chi connectivity index (χ0n) is 10.5. The van der Waals surface area contributed by atoms with Crippen molar-refractivity contribution in [2.24, 2.45) is 0 Å². The molecule has 20 heavy (non-hydrogen) atoms. The van der Waals surface area contributed by atoms with Crippen LogP contribution in [0, 0.1) is 0 Å². The zero-order chi connectivity index (χ0) is 14.9. The number of phenols is 1. The minimum Gasteiger partial charge on any atom is -0.507 e. The standard InChI is InChI=1S/C13H12O6S/c1-19-13(15)11-5-8-3-2-4-9(7-20(16,17)18)10(8)6-12(11)14/h2-6,14H,7H2,1H3,(H,16,17,18). The molecular weight excluding hydrogens is 284 g/mol. The Bertz CT molecular complexity index is 779. The van der Waals surface area contributed by atoms with E-state index in [9.17, 15) is 18.3 Å². The number of benzene rings is 2. The van der Waals surface area contributed by atoms with Gasteiger partial charge in [0.15, 0.2) is 0 Å². The molecule has 0 heterocycles. The van der Waals surface area contributed by atoms with E-state index in [1.165, 1.54) is 25.3 Å². The van der Waals surface area contributed by atoms with Crippen LogP contribution in [0.3, 0.4) is 0 Å². The number of carbonyl (C=O) groups excluding carboxylic acids is 1. The average Bonchev–Trinajstić information content (AvgIpc) is 2.36. The van der Waals surface area contributed by atoms with E-state index in [1.54, 1.807) is 12.1 Å². The molecule has 0 saturated heterocycles. The van der Waals surface area contributed by atoms with Crippen LogP contribution >= 0.6 is 0 Å². The topological polar surface area (TPSA) is 101 Å². The lowest BCUT2D eigenvalue weighted by Gasteiger charge is -2.08. The van der Waals surface area contributed by atoms with Crippen LogP contribution in [-0.4, -0.2) is 31.2 Å². The van der Waals surface area contributed by atoms with Crippen molar-refractivity contribution in [3.63, 3.8) is 0 Å². The van der Waals surface area contributed by atoms with Crippen LogP contribution in [-0.2, 0) is 20.6 Å². The first-order chi connectivity index (χ1) is 9.31. The van der Waals surface area contributed by atoms with Gasteiger partial charge < -0.3 is 9.84 Å². The lowest BCUT2D eigenvalue weighted by atomic mass is 10.0. The van der Waals surface area contributed by atoms with E-state index >= 15 is 0 Å². The molecular formula is C13H12O6S. The molecule has 106 valence electrons. The van der Waals surface area contributed by atoms with Gasteiger partial charge in [0.25, 0.3) is 10.1 Å². The Morgan fingerprint density at radius 3 is 2.60 bits per heavy atom. The summed E-state index contributed by atoms with van der Waals surface area (Å²) in [5.41, 5.74) is 0.320. The van der Waals surface area contributed by atoms with Gasteiger partial charge >= 0.3 is 5.97 Å². The molecule has 0 fully saturated rings. The Kier molecular flexibility index (Phi) is 3.65. The normalized spacial score (nSPS) is 11.5. The van der Waals surface area contributed by atoms with Crippen molar-refractivity contribution >= 4 is 26.9 Å². The summed E-state index contributed by atoms with van der Waals surface area (Å²) in [7, 11) is -2.99. The predicted octanol–water partition coefficient (Wildman–Crippen LogP) is 1.72. The highest BCUT2D eigenvalue weighted by molar-refractivity contribution is 7.85. The number of methoxy groups -OCH3 is 1. The smallest absolute Gasteiger partial charge is 0.341 e. The monoisotopic (exact) mass is 296 g/mol. The Labute approximate surface area is 115 Å². The summed E-state index contributed by atoms with van der Waals surface area (Å²) in [5.74, 6) is -1.57. The first-order valence-corrected chi connectivity index (χ1v) is 7.21. The van der Waals surface area contributed by atoms with Gasteiger partial charge in [0, 0.05) is 0 Å². The van der Waals surface area contributed by atoms with Crippen LogP contribution in [0.5, 0.6) is 5.75 Å². The fourth-order valence-electron chi connectivity index (χ4n) is 1.97. The SMILES string of the molecule is COC(=O)c1cc2cccc(CS(=O)(=O)O)c2cc1O. The van der Waals surface area contributed by atoms with Gasteiger partial charge in [0.2, 0.25) is 0 Å². The summed E-state index contributed by atoms with van der Waals surface area (Å²) < 4.78 is 35.4. The summed E-state index contributed by atoms with van der Waals surface area (Å²) >= 11 is 0. The first kappa shape index (κ1) is 14.3. The summed E-state index contributed by atoms with van der Waals surface area (Å²) in [6.45, 7) is 0. The summed E-state index contributed by atoms with van der Waals surface area (Å²) in [6, 6.07) is 7.47. The number of phenolic OH excluding ortho intramolecular Hbond substituents is 1. The zero-order valence-corrected chi connectivity index (χ0v) is 11.3. The number of ether oxygens (including phenoxy) is 1. The van der Waals surface area contributed by atoms with Crippen molar-refractivity contribution in [3.8, 4) is 5.75 Å². The molecule has 2 N–H and O–H groups in total. The van der Waals surface area contributed by atoms with E-state index in [0.29, 0.717) is 16.3 Å². The molecule has 2 aromatic carbocycles. The highest BCUT2D eigenvalue weighted by Gasteiger charge is 2.15. The lowest BCUT2D eigenvalue weighted by Crippen LogP contribution is -2.04. The average molecular weight is 296 g/mol. The molecule has 7 heteroatoms. The number of esters is 1. The molecule has 6 nitrogen and oxygen atoms in total. The van der Waals surface area contributed by atoms with E-state index in [4.69, 9.17) is 4.55 Å². The Morgan fingerprint density at radius 1 is 1.30 bits per heavy atom. The van der Waals surface area contributed by atoms with Gasteiger partial charge in [0.05, 0.1) is 7.11 Å². The van der Waals surface area contributed by atoms with Gasteiger partial charge in [-0.3, -0.25) is 4.55 Å². The van der Waals surface area contributed by atoms with Crippen LogP contribution in [0.15, 0.2) is 30.3 Å². The van der Waals surface area contributed by atoms with Crippen LogP contribution in [0.4, 0.5) is 0 Å². The third-order valence-electron chi connectivity index (χ3n) is 2.83. The maximum Gasteiger partial charge on any atom is 0.341 e. The fourth-order valence-corrected chi connectivity index (χ4v) is 2.62. The molecule has 0 aromatic heterocycles. The number of carbonyl (C=O) groups is 1. The second kappa shape index (κ2) is 5.10. The van der Waals surface area contributed by atoms with Crippen molar-refractivity contribution in [2.45, 2.75) is 5.75 Å².